The zero-order chi connectivity index (χ0) is 29.6. The molecule has 3 aromatic rings. The maximum absolute atomic E-state index is 12.7. The molecule has 1 saturated heterocycles. The molecule has 1 fully saturated rings. The Morgan fingerprint density at radius 1 is 0.902 bits per heavy atom. The SMILES string of the molecule is CN1C(=O)N(Cc2ccc(OC(F)(F)F)cc2)C[C@H]1CCOc1ccc(C[C@](C)(Oc2ccccc2)C(=O)O)cc1. The van der Waals surface area contributed by atoms with Gasteiger partial charge >= 0.3 is 18.4 Å². The van der Waals surface area contributed by atoms with Gasteiger partial charge in [0.2, 0.25) is 5.60 Å². The Morgan fingerprint density at radius 2 is 1.49 bits per heavy atom. The third kappa shape index (κ3) is 8.06. The number of hydrogen-bond acceptors (Lipinski definition) is 5. The van der Waals surface area contributed by atoms with Crippen LogP contribution in [-0.2, 0) is 17.8 Å². The monoisotopic (exact) mass is 572 g/mol. The van der Waals surface area contributed by atoms with Gasteiger partial charge in [0.1, 0.15) is 17.2 Å². The highest BCUT2D eigenvalue weighted by molar-refractivity contribution is 5.78. The molecule has 3 aromatic carbocycles. The van der Waals surface area contributed by atoms with E-state index in [1.807, 2.05) is 6.07 Å². The average molecular weight is 573 g/mol. The molecule has 0 radical (unpaired) electrons. The molecule has 2 atom stereocenters. The standard InChI is InChI=1S/C30H31F3N2O6/c1-29(27(36)37,40-25-6-4-3-5-7-25)18-21-8-12-24(13-9-21)39-17-16-23-20-35(28(38)34(23)2)19-22-10-14-26(15-11-22)41-30(31,32)33/h3-15,23H,16-20H2,1-2H3,(H,36,37)/t23-,29+/m1/s1. The normalized spacial score (nSPS) is 16.8. The molecule has 1 aliphatic heterocycles. The number of hydrogen-bond donors (Lipinski definition) is 1. The predicted octanol–water partition coefficient (Wildman–Crippen LogP) is 5.76. The van der Waals surface area contributed by atoms with Gasteiger partial charge in [-0.25, -0.2) is 9.59 Å². The van der Waals surface area contributed by atoms with Crippen molar-refractivity contribution in [1.29, 1.82) is 0 Å². The van der Waals surface area contributed by atoms with Gasteiger partial charge in [0.15, 0.2) is 0 Å². The van der Waals surface area contributed by atoms with E-state index in [-0.39, 0.29) is 30.8 Å². The Bertz CT molecular complexity index is 1320. The third-order valence-electron chi connectivity index (χ3n) is 6.80. The second-order valence-electron chi connectivity index (χ2n) is 10.0. The summed E-state index contributed by atoms with van der Waals surface area (Å²) >= 11 is 0. The summed E-state index contributed by atoms with van der Waals surface area (Å²) in [5.74, 6) is -0.302. The zero-order valence-corrected chi connectivity index (χ0v) is 22.6. The molecule has 0 aliphatic carbocycles. The average Bonchev–Trinajstić information content (AvgIpc) is 3.18. The first-order chi connectivity index (χ1) is 19.4. The molecule has 0 bridgehead atoms. The van der Waals surface area contributed by atoms with Crippen LogP contribution in [0.1, 0.15) is 24.5 Å². The number of para-hydroxylation sites is 1. The highest BCUT2D eigenvalue weighted by atomic mass is 19.4. The van der Waals surface area contributed by atoms with Crippen LogP contribution in [0.3, 0.4) is 0 Å². The van der Waals surface area contributed by atoms with Crippen LogP contribution in [0.2, 0.25) is 0 Å². The molecule has 0 unspecified atom stereocenters. The number of alkyl halides is 3. The van der Waals surface area contributed by atoms with Crippen LogP contribution in [0, 0.1) is 0 Å². The molecule has 1 aliphatic rings. The van der Waals surface area contributed by atoms with Crippen molar-refractivity contribution in [2.75, 3.05) is 20.2 Å². The van der Waals surface area contributed by atoms with Crippen LogP contribution in [0.25, 0.3) is 0 Å². The number of aliphatic carboxylic acids is 1. The number of ether oxygens (including phenoxy) is 3. The van der Waals surface area contributed by atoms with Crippen molar-refractivity contribution in [3.63, 3.8) is 0 Å². The fourth-order valence-corrected chi connectivity index (χ4v) is 4.58. The lowest BCUT2D eigenvalue weighted by molar-refractivity contribution is -0.274. The molecule has 0 spiro atoms. The minimum atomic E-state index is -4.76. The van der Waals surface area contributed by atoms with E-state index in [2.05, 4.69) is 4.74 Å². The van der Waals surface area contributed by atoms with Gasteiger partial charge < -0.3 is 29.1 Å². The maximum atomic E-state index is 12.7. The lowest BCUT2D eigenvalue weighted by atomic mass is 9.96. The number of carboxylic acids is 1. The van der Waals surface area contributed by atoms with Gasteiger partial charge in [0.05, 0.1) is 12.6 Å². The van der Waals surface area contributed by atoms with Crippen LogP contribution in [0.5, 0.6) is 17.2 Å². The van der Waals surface area contributed by atoms with Gasteiger partial charge in [-0.1, -0.05) is 42.5 Å². The molecule has 0 saturated carbocycles. The van der Waals surface area contributed by atoms with E-state index in [1.165, 1.54) is 31.2 Å². The van der Waals surface area contributed by atoms with E-state index >= 15 is 0 Å². The van der Waals surface area contributed by atoms with Crippen molar-refractivity contribution in [1.82, 2.24) is 9.80 Å². The summed E-state index contributed by atoms with van der Waals surface area (Å²) in [5.41, 5.74) is 0.00744. The van der Waals surface area contributed by atoms with Gasteiger partial charge in [-0.2, -0.15) is 0 Å². The number of carbonyl (C=O) groups excluding carboxylic acids is 1. The molecule has 11 heteroatoms. The number of rotatable bonds is 12. The lowest BCUT2D eigenvalue weighted by Gasteiger charge is -2.26. The zero-order valence-electron chi connectivity index (χ0n) is 22.6. The van der Waals surface area contributed by atoms with Crippen LogP contribution >= 0.6 is 0 Å². The fourth-order valence-electron chi connectivity index (χ4n) is 4.58. The smallest absolute Gasteiger partial charge is 0.494 e. The van der Waals surface area contributed by atoms with Crippen molar-refractivity contribution in [3.05, 3.63) is 90.0 Å². The summed E-state index contributed by atoms with van der Waals surface area (Å²) in [6.45, 7) is 2.60. The molecule has 218 valence electrons. The van der Waals surface area contributed by atoms with Crippen molar-refractivity contribution in [2.24, 2.45) is 0 Å². The topological polar surface area (TPSA) is 88.5 Å². The van der Waals surface area contributed by atoms with Crippen molar-refractivity contribution in [3.8, 4) is 17.2 Å². The van der Waals surface area contributed by atoms with Crippen LogP contribution in [-0.4, -0.2) is 65.1 Å². The summed E-state index contributed by atoms with van der Waals surface area (Å²) < 4.78 is 52.7. The largest absolute Gasteiger partial charge is 0.573 e. The molecule has 8 nitrogen and oxygen atoms in total. The number of carbonyl (C=O) groups is 2. The molecule has 41 heavy (non-hydrogen) atoms. The van der Waals surface area contributed by atoms with E-state index in [9.17, 15) is 27.9 Å². The summed E-state index contributed by atoms with van der Waals surface area (Å²) in [4.78, 5) is 27.9. The number of carboxylic acid groups (broad SMARTS) is 1. The number of amides is 2. The van der Waals surface area contributed by atoms with E-state index in [4.69, 9.17) is 9.47 Å². The molecule has 2 amide bonds. The number of nitrogens with zero attached hydrogens (tertiary/aromatic N) is 2. The molecular weight excluding hydrogens is 541 g/mol. The van der Waals surface area contributed by atoms with Crippen LogP contribution in [0.4, 0.5) is 18.0 Å². The fraction of sp³-hybridized carbons (Fsp3) is 0.333. The first-order valence-electron chi connectivity index (χ1n) is 13.0. The second-order valence-corrected chi connectivity index (χ2v) is 10.0. The number of likely N-dealkylation sites (N-methyl/N-ethyl adjacent to an activating group) is 1. The number of halogens is 3. The van der Waals surface area contributed by atoms with E-state index < -0.39 is 17.9 Å². The molecule has 0 aromatic heterocycles. The Morgan fingerprint density at radius 3 is 2.10 bits per heavy atom. The Balaban J connectivity index is 1.26. The summed E-state index contributed by atoms with van der Waals surface area (Å²) in [6, 6.07) is 21.1. The minimum absolute atomic E-state index is 0.0963. The Kier molecular flexibility index (Phi) is 8.95. The summed E-state index contributed by atoms with van der Waals surface area (Å²) in [5, 5.41) is 9.80. The molecule has 4 rings (SSSR count). The maximum Gasteiger partial charge on any atom is 0.573 e. The van der Waals surface area contributed by atoms with E-state index in [0.717, 1.165) is 5.56 Å². The second kappa shape index (κ2) is 12.4. The van der Waals surface area contributed by atoms with Gasteiger partial charge in [0, 0.05) is 33.0 Å². The summed E-state index contributed by atoms with van der Waals surface area (Å²) in [6.07, 6.45) is -4.03. The predicted molar refractivity (Wildman–Crippen MR) is 144 cm³/mol. The highest BCUT2D eigenvalue weighted by Gasteiger charge is 2.36. The highest BCUT2D eigenvalue weighted by Crippen LogP contribution is 2.26. The quantitative estimate of drug-likeness (QED) is 0.297. The van der Waals surface area contributed by atoms with Crippen molar-refractivity contribution >= 4 is 12.0 Å². The number of urea groups is 1. The van der Waals surface area contributed by atoms with E-state index in [0.29, 0.717) is 36.6 Å². The molecule has 1 N–H and O–H groups in total. The third-order valence-corrected chi connectivity index (χ3v) is 6.80. The Labute approximate surface area is 235 Å². The Hall–Kier alpha value is -4.41. The van der Waals surface area contributed by atoms with E-state index in [1.54, 1.807) is 65.4 Å². The minimum Gasteiger partial charge on any atom is -0.494 e. The summed E-state index contributed by atoms with van der Waals surface area (Å²) in [7, 11) is 1.71. The molecule has 1 heterocycles. The van der Waals surface area contributed by atoms with Crippen LogP contribution < -0.4 is 14.2 Å². The lowest BCUT2D eigenvalue weighted by Crippen LogP contribution is -2.43. The number of benzene rings is 3. The molecular formula is C30H31F3N2O6. The van der Waals surface area contributed by atoms with Crippen LogP contribution in [0.15, 0.2) is 78.9 Å². The van der Waals surface area contributed by atoms with Gasteiger partial charge in [-0.3, -0.25) is 0 Å². The van der Waals surface area contributed by atoms with Gasteiger partial charge in [0.25, 0.3) is 0 Å². The van der Waals surface area contributed by atoms with Crippen molar-refractivity contribution < 1.29 is 42.1 Å². The van der Waals surface area contributed by atoms with Crippen molar-refractivity contribution in [2.45, 2.75) is 44.3 Å². The first kappa shape index (κ1) is 29.6. The first-order valence-corrected chi connectivity index (χ1v) is 13.0. The van der Waals surface area contributed by atoms with Gasteiger partial charge in [-0.15, -0.1) is 13.2 Å². The van der Waals surface area contributed by atoms with Gasteiger partial charge in [-0.05, 0) is 54.4 Å².